The van der Waals surface area contributed by atoms with Gasteiger partial charge in [0.2, 0.25) is 0 Å². The van der Waals surface area contributed by atoms with E-state index in [4.69, 9.17) is 0 Å². The van der Waals surface area contributed by atoms with Gasteiger partial charge in [-0.15, -0.1) is 0 Å². The Balaban J connectivity index is 2.39. The summed E-state index contributed by atoms with van der Waals surface area (Å²) in [7, 11) is 1.95. The molecule has 0 saturated heterocycles. The first-order chi connectivity index (χ1) is 7.58. The van der Waals surface area contributed by atoms with Gasteiger partial charge in [0, 0.05) is 31.2 Å². The number of benzene rings is 1. The molecule has 1 heterocycles. The normalized spacial score (nSPS) is 11.6. The highest BCUT2D eigenvalue weighted by molar-refractivity contribution is 5.83. The molecule has 2 nitrogen and oxygen atoms in total. The molecule has 0 spiro atoms. The van der Waals surface area contributed by atoms with Crippen LogP contribution in [0, 0.1) is 5.82 Å². The van der Waals surface area contributed by atoms with Crippen LogP contribution in [0.5, 0.6) is 0 Å². The summed E-state index contributed by atoms with van der Waals surface area (Å²) < 4.78 is 15.1. The fourth-order valence-electron chi connectivity index (χ4n) is 1.90. The third kappa shape index (κ3) is 2.09. The number of aromatic nitrogens is 1. The van der Waals surface area contributed by atoms with Crippen molar-refractivity contribution < 1.29 is 4.39 Å². The first-order valence-electron chi connectivity index (χ1n) is 5.55. The van der Waals surface area contributed by atoms with Gasteiger partial charge in [0.15, 0.2) is 0 Å². The van der Waals surface area contributed by atoms with E-state index < -0.39 is 0 Å². The molecule has 1 aromatic heterocycles. The SMILES string of the molecule is CC(C)NCc1cn(C)c2cc(F)ccc12. The number of fused-ring (bicyclic) bond motifs is 1. The van der Waals surface area contributed by atoms with Crippen molar-refractivity contribution in [3.8, 4) is 0 Å². The van der Waals surface area contributed by atoms with Crippen molar-refractivity contribution in [1.29, 1.82) is 0 Å². The standard InChI is InChI=1S/C13H17FN2/c1-9(2)15-7-10-8-16(3)13-6-11(14)4-5-12(10)13/h4-6,8-9,15H,7H2,1-3H3. The number of hydrogen-bond donors (Lipinski definition) is 1. The van der Waals surface area contributed by atoms with Crippen molar-refractivity contribution in [2.75, 3.05) is 0 Å². The lowest BCUT2D eigenvalue weighted by molar-refractivity contribution is 0.590. The highest BCUT2D eigenvalue weighted by Gasteiger charge is 2.07. The van der Waals surface area contributed by atoms with Crippen LogP contribution in [0.4, 0.5) is 4.39 Å². The van der Waals surface area contributed by atoms with Gasteiger partial charge in [0.05, 0.1) is 5.52 Å². The Morgan fingerprint density at radius 1 is 1.38 bits per heavy atom. The summed E-state index contributed by atoms with van der Waals surface area (Å²) in [5, 5.41) is 4.50. The van der Waals surface area contributed by atoms with Crippen LogP contribution in [0.3, 0.4) is 0 Å². The van der Waals surface area contributed by atoms with Crippen molar-refractivity contribution in [2.24, 2.45) is 7.05 Å². The molecule has 0 aliphatic carbocycles. The molecule has 0 fully saturated rings. The molecule has 86 valence electrons. The van der Waals surface area contributed by atoms with Gasteiger partial charge < -0.3 is 9.88 Å². The first-order valence-corrected chi connectivity index (χ1v) is 5.55. The van der Waals surface area contributed by atoms with Gasteiger partial charge in [-0.1, -0.05) is 13.8 Å². The largest absolute Gasteiger partial charge is 0.350 e. The van der Waals surface area contributed by atoms with Crippen molar-refractivity contribution in [3.63, 3.8) is 0 Å². The van der Waals surface area contributed by atoms with E-state index in [0.717, 1.165) is 17.4 Å². The summed E-state index contributed by atoms with van der Waals surface area (Å²) in [5.41, 5.74) is 2.16. The monoisotopic (exact) mass is 220 g/mol. The first kappa shape index (κ1) is 11.1. The third-order valence-corrected chi connectivity index (χ3v) is 2.74. The van der Waals surface area contributed by atoms with E-state index in [1.165, 1.54) is 11.6 Å². The van der Waals surface area contributed by atoms with Crippen LogP contribution in [0.15, 0.2) is 24.4 Å². The van der Waals surface area contributed by atoms with Crippen molar-refractivity contribution in [1.82, 2.24) is 9.88 Å². The lowest BCUT2D eigenvalue weighted by Gasteiger charge is -2.06. The molecular formula is C13H17FN2. The molecular weight excluding hydrogens is 203 g/mol. The highest BCUT2D eigenvalue weighted by Crippen LogP contribution is 2.21. The van der Waals surface area contributed by atoms with Crippen LogP contribution >= 0.6 is 0 Å². The van der Waals surface area contributed by atoms with Gasteiger partial charge in [-0.05, 0) is 23.8 Å². The molecule has 2 aromatic rings. The molecule has 0 amide bonds. The molecule has 0 unspecified atom stereocenters. The fourth-order valence-corrected chi connectivity index (χ4v) is 1.90. The minimum atomic E-state index is -0.183. The summed E-state index contributed by atoms with van der Waals surface area (Å²) in [6.45, 7) is 5.05. The summed E-state index contributed by atoms with van der Waals surface area (Å²) in [5.74, 6) is -0.183. The molecule has 3 heteroatoms. The van der Waals surface area contributed by atoms with E-state index in [1.807, 2.05) is 17.7 Å². The van der Waals surface area contributed by atoms with Gasteiger partial charge in [-0.25, -0.2) is 4.39 Å². The number of halogens is 1. The maximum Gasteiger partial charge on any atom is 0.125 e. The smallest absolute Gasteiger partial charge is 0.125 e. The average molecular weight is 220 g/mol. The van der Waals surface area contributed by atoms with E-state index in [2.05, 4.69) is 25.4 Å². The Labute approximate surface area is 95.1 Å². The van der Waals surface area contributed by atoms with Crippen molar-refractivity contribution in [3.05, 3.63) is 35.8 Å². The van der Waals surface area contributed by atoms with Gasteiger partial charge in [0.1, 0.15) is 5.82 Å². The number of rotatable bonds is 3. The Kier molecular flexibility index (Phi) is 2.97. The Bertz CT molecular complexity index is 500. The molecule has 1 aromatic carbocycles. The van der Waals surface area contributed by atoms with Crippen molar-refractivity contribution >= 4 is 10.9 Å². The molecule has 0 aliphatic rings. The lowest BCUT2D eigenvalue weighted by Crippen LogP contribution is -2.21. The number of hydrogen-bond acceptors (Lipinski definition) is 1. The zero-order valence-corrected chi connectivity index (χ0v) is 9.92. The summed E-state index contributed by atoms with van der Waals surface area (Å²) in [4.78, 5) is 0. The van der Waals surface area contributed by atoms with Crippen molar-refractivity contribution in [2.45, 2.75) is 26.4 Å². The Morgan fingerprint density at radius 2 is 2.12 bits per heavy atom. The molecule has 0 aliphatic heterocycles. The topological polar surface area (TPSA) is 17.0 Å². The zero-order valence-electron chi connectivity index (χ0n) is 9.92. The molecule has 2 rings (SSSR count). The Morgan fingerprint density at radius 3 is 2.81 bits per heavy atom. The van der Waals surface area contributed by atoms with E-state index in [-0.39, 0.29) is 5.82 Å². The van der Waals surface area contributed by atoms with Crippen LogP contribution in [-0.2, 0) is 13.6 Å². The van der Waals surface area contributed by atoms with Crippen LogP contribution in [0.2, 0.25) is 0 Å². The maximum atomic E-state index is 13.1. The number of aryl methyl sites for hydroxylation is 1. The molecule has 1 N–H and O–H groups in total. The van der Waals surface area contributed by atoms with E-state index >= 15 is 0 Å². The maximum absolute atomic E-state index is 13.1. The second-order valence-electron chi connectivity index (χ2n) is 4.46. The average Bonchev–Trinajstić information content (AvgIpc) is 2.53. The van der Waals surface area contributed by atoms with Crippen LogP contribution in [-0.4, -0.2) is 10.6 Å². The van der Waals surface area contributed by atoms with Gasteiger partial charge in [-0.2, -0.15) is 0 Å². The molecule has 0 bridgehead atoms. The summed E-state index contributed by atoms with van der Waals surface area (Å²) in [6, 6.07) is 5.40. The Hall–Kier alpha value is -1.35. The molecule has 16 heavy (non-hydrogen) atoms. The third-order valence-electron chi connectivity index (χ3n) is 2.74. The van der Waals surface area contributed by atoms with Gasteiger partial charge in [0.25, 0.3) is 0 Å². The highest BCUT2D eigenvalue weighted by atomic mass is 19.1. The van der Waals surface area contributed by atoms with Gasteiger partial charge >= 0.3 is 0 Å². The van der Waals surface area contributed by atoms with Crippen LogP contribution in [0.25, 0.3) is 10.9 Å². The quantitative estimate of drug-likeness (QED) is 0.841. The molecule has 0 atom stereocenters. The number of nitrogens with zero attached hydrogens (tertiary/aromatic N) is 1. The minimum Gasteiger partial charge on any atom is -0.350 e. The van der Waals surface area contributed by atoms with E-state index in [0.29, 0.717) is 6.04 Å². The predicted octanol–water partition coefficient (Wildman–Crippen LogP) is 2.82. The summed E-state index contributed by atoms with van der Waals surface area (Å²) >= 11 is 0. The van der Waals surface area contributed by atoms with Gasteiger partial charge in [-0.3, -0.25) is 0 Å². The fraction of sp³-hybridized carbons (Fsp3) is 0.385. The summed E-state index contributed by atoms with van der Waals surface area (Å²) in [6.07, 6.45) is 2.06. The zero-order chi connectivity index (χ0) is 11.7. The molecule has 0 saturated carbocycles. The molecule has 0 radical (unpaired) electrons. The van der Waals surface area contributed by atoms with E-state index in [1.54, 1.807) is 6.07 Å². The predicted molar refractivity (Wildman–Crippen MR) is 64.9 cm³/mol. The van der Waals surface area contributed by atoms with Crippen LogP contribution < -0.4 is 5.32 Å². The van der Waals surface area contributed by atoms with E-state index in [9.17, 15) is 4.39 Å². The number of nitrogens with one attached hydrogen (secondary N) is 1. The lowest BCUT2D eigenvalue weighted by atomic mass is 10.1. The second-order valence-corrected chi connectivity index (χ2v) is 4.46. The minimum absolute atomic E-state index is 0.183. The second kappa shape index (κ2) is 4.26. The van der Waals surface area contributed by atoms with Crippen LogP contribution in [0.1, 0.15) is 19.4 Å².